The zero-order valence-electron chi connectivity index (χ0n) is 10.8. The van der Waals surface area contributed by atoms with Gasteiger partial charge in [-0.15, -0.1) is 0 Å². The van der Waals surface area contributed by atoms with Crippen LogP contribution in [0.1, 0.15) is 24.0 Å². The summed E-state index contributed by atoms with van der Waals surface area (Å²) in [6, 6.07) is 18.6. The Morgan fingerprint density at radius 1 is 0.944 bits per heavy atom. The quantitative estimate of drug-likeness (QED) is 0.761. The van der Waals surface area contributed by atoms with Gasteiger partial charge in [-0.25, -0.2) is 0 Å². The zero-order chi connectivity index (χ0) is 12.8. The summed E-state index contributed by atoms with van der Waals surface area (Å²) in [5.74, 6) is 1.30. The third kappa shape index (κ3) is 3.24. The van der Waals surface area contributed by atoms with Crippen molar-refractivity contribution in [2.45, 2.75) is 12.8 Å². The second kappa shape index (κ2) is 6.06. The first-order valence-electron chi connectivity index (χ1n) is 6.17. The maximum absolute atomic E-state index is 5.16. The second-order valence-corrected chi connectivity index (χ2v) is 4.33. The van der Waals surface area contributed by atoms with Gasteiger partial charge in [0, 0.05) is 0 Å². The molecule has 1 heteroatoms. The van der Waals surface area contributed by atoms with Crippen LogP contribution in [-0.4, -0.2) is 7.11 Å². The highest BCUT2D eigenvalue weighted by Crippen LogP contribution is 2.20. The number of allylic oxidation sites excluding steroid dienone is 1. The molecule has 0 unspecified atom stereocenters. The summed E-state index contributed by atoms with van der Waals surface area (Å²) in [5.41, 5.74) is 2.53. The fourth-order valence-corrected chi connectivity index (χ4v) is 1.84. The van der Waals surface area contributed by atoms with Gasteiger partial charge in [0.1, 0.15) is 5.75 Å². The topological polar surface area (TPSA) is 9.23 Å². The summed E-state index contributed by atoms with van der Waals surface area (Å²) in [6.07, 6.45) is 4.38. The molecule has 1 atom stereocenters. The van der Waals surface area contributed by atoms with Crippen LogP contribution in [0, 0.1) is 0 Å². The molecular formula is C17H18O. The predicted octanol–water partition coefficient (Wildman–Crippen LogP) is 4.51. The van der Waals surface area contributed by atoms with Gasteiger partial charge in [0.15, 0.2) is 0 Å². The molecule has 2 aromatic rings. The van der Waals surface area contributed by atoms with Crippen LogP contribution < -0.4 is 4.74 Å². The fraction of sp³-hybridized carbons (Fsp3) is 0.176. The Balaban J connectivity index is 2.07. The lowest BCUT2D eigenvalue weighted by atomic mass is 10.00. The van der Waals surface area contributed by atoms with Gasteiger partial charge >= 0.3 is 0 Å². The Kier molecular flexibility index (Phi) is 4.19. The van der Waals surface area contributed by atoms with E-state index < -0.39 is 0 Å². The molecule has 0 aliphatic carbocycles. The van der Waals surface area contributed by atoms with Gasteiger partial charge < -0.3 is 4.74 Å². The van der Waals surface area contributed by atoms with Crippen molar-refractivity contribution >= 4 is 6.08 Å². The highest BCUT2D eigenvalue weighted by molar-refractivity contribution is 5.50. The number of hydrogen-bond acceptors (Lipinski definition) is 1. The molecule has 1 nitrogen and oxygen atoms in total. The maximum Gasteiger partial charge on any atom is 0.118 e. The third-order valence-corrected chi connectivity index (χ3v) is 3.02. The monoisotopic (exact) mass is 238 g/mol. The van der Waals surface area contributed by atoms with Crippen molar-refractivity contribution in [3.05, 3.63) is 71.8 Å². The normalized spacial score (nSPS) is 12.6. The summed E-state index contributed by atoms with van der Waals surface area (Å²) in [6.45, 7) is 2.20. The highest BCUT2D eigenvalue weighted by atomic mass is 16.5. The van der Waals surface area contributed by atoms with Gasteiger partial charge in [-0.2, -0.15) is 0 Å². The molecule has 0 aliphatic rings. The Labute approximate surface area is 109 Å². The minimum absolute atomic E-state index is 0.399. The Morgan fingerprint density at radius 2 is 1.61 bits per heavy atom. The summed E-state index contributed by atoms with van der Waals surface area (Å²) >= 11 is 0. The van der Waals surface area contributed by atoms with Gasteiger partial charge in [0.05, 0.1) is 7.11 Å². The first kappa shape index (κ1) is 12.4. The van der Waals surface area contributed by atoms with Crippen LogP contribution >= 0.6 is 0 Å². The van der Waals surface area contributed by atoms with E-state index in [2.05, 4.69) is 55.5 Å². The van der Waals surface area contributed by atoms with E-state index in [0.29, 0.717) is 5.92 Å². The molecule has 0 saturated heterocycles. The number of ether oxygens (including phenoxy) is 1. The lowest BCUT2D eigenvalue weighted by molar-refractivity contribution is 0.414. The Bertz CT molecular complexity index is 497. The van der Waals surface area contributed by atoms with E-state index in [1.807, 2.05) is 18.2 Å². The minimum atomic E-state index is 0.399. The average molecular weight is 238 g/mol. The standard InChI is InChI=1S/C17H18O/c1-14(8-9-15-6-4-3-5-7-15)16-10-12-17(18-2)13-11-16/h3-14H,1-2H3/b9-8+/t14-/m1/s1. The molecule has 0 radical (unpaired) electrons. The molecule has 0 fully saturated rings. The fourth-order valence-electron chi connectivity index (χ4n) is 1.84. The maximum atomic E-state index is 5.16. The highest BCUT2D eigenvalue weighted by Gasteiger charge is 2.01. The van der Waals surface area contributed by atoms with Gasteiger partial charge in [-0.1, -0.05) is 61.5 Å². The van der Waals surface area contributed by atoms with Crippen molar-refractivity contribution in [1.82, 2.24) is 0 Å². The van der Waals surface area contributed by atoms with Crippen molar-refractivity contribution in [2.24, 2.45) is 0 Å². The number of rotatable bonds is 4. The molecule has 0 amide bonds. The van der Waals surface area contributed by atoms with E-state index in [9.17, 15) is 0 Å². The van der Waals surface area contributed by atoms with Crippen molar-refractivity contribution in [3.8, 4) is 5.75 Å². The van der Waals surface area contributed by atoms with E-state index in [-0.39, 0.29) is 0 Å². The molecule has 0 N–H and O–H groups in total. The molecule has 0 aromatic heterocycles. The van der Waals surface area contributed by atoms with Crippen LogP contribution in [0.4, 0.5) is 0 Å². The summed E-state index contributed by atoms with van der Waals surface area (Å²) in [4.78, 5) is 0. The second-order valence-electron chi connectivity index (χ2n) is 4.33. The van der Waals surface area contributed by atoms with Gasteiger partial charge in [0.25, 0.3) is 0 Å². The van der Waals surface area contributed by atoms with E-state index in [0.717, 1.165) is 5.75 Å². The summed E-state index contributed by atoms with van der Waals surface area (Å²) in [5, 5.41) is 0. The van der Waals surface area contributed by atoms with Crippen LogP contribution in [0.3, 0.4) is 0 Å². The van der Waals surface area contributed by atoms with E-state index in [1.54, 1.807) is 7.11 Å². The largest absolute Gasteiger partial charge is 0.497 e. The molecule has 0 spiro atoms. The number of methoxy groups -OCH3 is 1. The van der Waals surface area contributed by atoms with Crippen molar-refractivity contribution < 1.29 is 4.74 Å². The molecule has 0 heterocycles. The van der Waals surface area contributed by atoms with E-state index >= 15 is 0 Å². The molecule has 18 heavy (non-hydrogen) atoms. The molecule has 2 aromatic carbocycles. The van der Waals surface area contributed by atoms with Gasteiger partial charge in [-0.3, -0.25) is 0 Å². The van der Waals surface area contributed by atoms with Crippen LogP contribution in [0.5, 0.6) is 5.75 Å². The molecule has 0 aliphatic heterocycles. The zero-order valence-corrected chi connectivity index (χ0v) is 10.8. The first-order chi connectivity index (χ1) is 8.79. The van der Waals surface area contributed by atoms with Crippen LogP contribution in [-0.2, 0) is 0 Å². The van der Waals surface area contributed by atoms with Crippen molar-refractivity contribution in [2.75, 3.05) is 7.11 Å². The lowest BCUT2D eigenvalue weighted by Crippen LogP contribution is -1.89. The number of hydrogen-bond donors (Lipinski definition) is 0. The third-order valence-electron chi connectivity index (χ3n) is 3.02. The summed E-state index contributed by atoms with van der Waals surface area (Å²) in [7, 11) is 1.69. The predicted molar refractivity (Wildman–Crippen MR) is 76.9 cm³/mol. The van der Waals surface area contributed by atoms with Crippen LogP contribution in [0.2, 0.25) is 0 Å². The summed E-state index contributed by atoms with van der Waals surface area (Å²) < 4.78 is 5.16. The molecule has 92 valence electrons. The Morgan fingerprint density at radius 3 is 2.22 bits per heavy atom. The van der Waals surface area contributed by atoms with Gasteiger partial charge in [0.2, 0.25) is 0 Å². The van der Waals surface area contributed by atoms with Crippen molar-refractivity contribution in [1.29, 1.82) is 0 Å². The number of benzene rings is 2. The van der Waals surface area contributed by atoms with Gasteiger partial charge in [-0.05, 0) is 29.2 Å². The van der Waals surface area contributed by atoms with Crippen LogP contribution in [0.25, 0.3) is 6.08 Å². The van der Waals surface area contributed by atoms with Crippen molar-refractivity contribution in [3.63, 3.8) is 0 Å². The molecule has 0 bridgehead atoms. The molecule has 0 saturated carbocycles. The van der Waals surface area contributed by atoms with Crippen LogP contribution in [0.15, 0.2) is 60.7 Å². The first-order valence-corrected chi connectivity index (χ1v) is 6.17. The lowest BCUT2D eigenvalue weighted by Gasteiger charge is -2.07. The molecular weight excluding hydrogens is 220 g/mol. The average Bonchev–Trinajstić information content (AvgIpc) is 2.46. The van der Waals surface area contributed by atoms with E-state index in [4.69, 9.17) is 4.74 Å². The van der Waals surface area contributed by atoms with E-state index in [1.165, 1.54) is 11.1 Å². The minimum Gasteiger partial charge on any atom is -0.497 e. The smallest absolute Gasteiger partial charge is 0.118 e. The molecule has 2 rings (SSSR count). The SMILES string of the molecule is COc1ccc([C@H](C)/C=C/c2ccccc2)cc1. The Hall–Kier alpha value is -2.02.